The van der Waals surface area contributed by atoms with E-state index in [2.05, 4.69) is 5.32 Å². The number of nitrogens with one attached hydrogen (secondary N) is 1. The number of carbonyl (C=O) groups excluding carboxylic acids is 1. The average molecular weight is 363 g/mol. The second-order valence-corrected chi connectivity index (χ2v) is 5.70. The van der Waals surface area contributed by atoms with E-state index in [1.165, 1.54) is 24.3 Å². The summed E-state index contributed by atoms with van der Waals surface area (Å²) in [7, 11) is 0. The van der Waals surface area contributed by atoms with Gasteiger partial charge in [-0.25, -0.2) is 4.39 Å². The molecule has 1 N–H and O–H groups in total. The highest BCUT2D eigenvalue weighted by Gasteiger charge is 2.17. The lowest BCUT2D eigenvalue weighted by atomic mass is 10.3. The minimum atomic E-state index is -0.817. The first-order valence-corrected chi connectivity index (χ1v) is 7.38. The average Bonchev–Trinajstić information content (AvgIpc) is 2.45. The molecule has 0 aliphatic rings. The van der Waals surface area contributed by atoms with Crippen molar-refractivity contribution in [2.24, 2.45) is 0 Å². The summed E-state index contributed by atoms with van der Waals surface area (Å²) in [5, 5.41) is 3.27. The van der Waals surface area contributed by atoms with Crippen LogP contribution in [0.2, 0.25) is 15.1 Å². The van der Waals surface area contributed by atoms with Crippen molar-refractivity contribution in [3.05, 3.63) is 57.3 Å². The van der Waals surface area contributed by atoms with Gasteiger partial charge >= 0.3 is 0 Å². The molecule has 0 heterocycles. The van der Waals surface area contributed by atoms with Crippen LogP contribution in [0.5, 0.6) is 5.75 Å². The Hall–Kier alpha value is -1.49. The molecule has 0 unspecified atom stereocenters. The molecule has 0 saturated heterocycles. The molecule has 0 fully saturated rings. The molecule has 0 bridgehead atoms. The van der Waals surface area contributed by atoms with Crippen molar-refractivity contribution >= 4 is 46.4 Å². The fraction of sp³-hybridized carbons (Fsp3) is 0.133. The van der Waals surface area contributed by atoms with Crippen LogP contribution in [0.3, 0.4) is 0 Å². The van der Waals surface area contributed by atoms with E-state index in [0.717, 1.165) is 0 Å². The zero-order valence-electron chi connectivity index (χ0n) is 11.4. The van der Waals surface area contributed by atoms with Crippen molar-refractivity contribution in [3.63, 3.8) is 0 Å². The van der Waals surface area contributed by atoms with E-state index in [-0.39, 0.29) is 5.02 Å². The van der Waals surface area contributed by atoms with Crippen LogP contribution in [0, 0.1) is 5.82 Å². The summed E-state index contributed by atoms with van der Waals surface area (Å²) in [5.41, 5.74) is 0.369. The highest BCUT2D eigenvalue weighted by Crippen LogP contribution is 2.28. The van der Waals surface area contributed by atoms with Gasteiger partial charge in [0.1, 0.15) is 11.6 Å². The second-order valence-electron chi connectivity index (χ2n) is 4.45. The number of halogens is 4. The number of hydrogen-bond acceptors (Lipinski definition) is 2. The lowest BCUT2D eigenvalue weighted by Gasteiger charge is -2.16. The molecule has 0 saturated carbocycles. The molecule has 116 valence electrons. The predicted molar refractivity (Wildman–Crippen MR) is 86.6 cm³/mol. The van der Waals surface area contributed by atoms with Crippen LogP contribution >= 0.6 is 34.8 Å². The standard InChI is InChI=1S/C15H11Cl3FNO2/c1-8(22-14-5-2-9(16)6-12(14)18)15(21)20-10-3-4-13(19)11(17)7-10/h2-8H,1H3,(H,20,21)/t8-/m1/s1. The zero-order chi connectivity index (χ0) is 16.3. The van der Waals surface area contributed by atoms with Gasteiger partial charge in [0, 0.05) is 10.7 Å². The van der Waals surface area contributed by atoms with Crippen LogP contribution in [0.4, 0.5) is 10.1 Å². The lowest BCUT2D eigenvalue weighted by Crippen LogP contribution is -2.30. The van der Waals surface area contributed by atoms with Gasteiger partial charge in [0.2, 0.25) is 0 Å². The Balaban J connectivity index is 2.04. The van der Waals surface area contributed by atoms with Gasteiger partial charge in [0.15, 0.2) is 6.10 Å². The maximum atomic E-state index is 13.1. The minimum absolute atomic E-state index is 0.0767. The van der Waals surface area contributed by atoms with Crippen molar-refractivity contribution in [1.82, 2.24) is 0 Å². The maximum absolute atomic E-state index is 13.1. The van der Waals surface area contributed by atoms with Gasteiger partial charge in [-0.05, 0) is 43.3 Å². The van der Waals surface area contributed by atoms with Crippen LogP contribution in [0.25, 0.3) is 0 Å². The number of rotatable bonds is 4. The molecule has 1 amide bonds. The van der Waals surface area contributed by atoms with Crippen molar-refractivity contribution in [2.45, 2.75) is 13.0 Å². The first-order valence-electron chi connectivity index (χ1n) is 6.24. The Morgan fingerprint density at radius 2 is 1.86 bits per heavy atom. The summed E-state index contributed by atoms with van der Waals surface area (Å²) in [6, 6.07) is 8.58. The third-order valence-corrected chi connectivity index (χ3v) is 3.57. The van der Waals surface area contributed by atoms with Crippen molar-refractivity contribution < 1.29 is 13.9 Å². The summed E-state index contributed by atoms with van der Waals surface area (Å²) < 4.78 is 18.5. The smallest absolute Gasteiger partial charge is 0.265 e. The highest BCUT2D eigenvalue weighted by atomic mass is 35.5. The summed E-state index contributed by atoms with van der Waals surface area (Å²) in [4.78, 5) is 12.0. The minimum Gasteiger partial charge on any atom is -0.479 e. The maximum Gasteiger partial charge on any atom is 0.265 e. The van der Waals surface area contributed by atoms with Crippen LogP contribution < -0.4 is 10.1 Å². The molecule has 0 aliphatic carbocycles. The van der Waals surface area contributed by atoms with Gasteiger partial charge in [-0.3, -0.25) is 4.79 Å². The quantitative estimate of drug-likeness (QED) is 0.812. The molecule has 2 rings (SSSR count). The zero-order valence-corrected chi connectivity index (χ0v) is 13.6. The Morgan fingerprint density at radius 3 is 2.50 bits per heavy atom. The van der Waals surface area contributed by atoms with Gasteiger partial charge in [0.05, 0.1) is 10.0 Å². The van der Waals surface area contributed by atoms with Crippen molar-refractivity contribution in [3.8, 4) is 5.75 Å². The monoisotopic (exact) mass is 361 g/mol. The van der Waals surface area contributed by atoms with E-state index in [4.69, 9.17) is 39.5 Å². The van der Waals surface area contributed by atoms with E-state index >= 15 is 0 Å². The molecule has 1 atom stereocenters. The molecule has 0 radical (unpaired) electrons. The van der Waals surface area contributed by atoms with Gasteiger partial charge < -0.3 is 10.1 Å². The fourth-order valence-electron chi connectivity index (χ4n) is 1.63. The molecule has 0 aromatic heterocycles. The summed E-state index contributed by atoms with van der Waals surface area (Å²) >= 11 is 17.4. The summed E-state index contributed by atoms with van der Waals surface area (Å²) in [6.07, 6.45) is -0.817. The van der Waals surface area contributed by atoms with E-state index < -0.39 is 17.8 Å². The van der Waals surface area contributed by atoms with E-state index in [0.29, 0.717) is 21.5 Å². The molecule has 0 spiro atoms. The lowest BCUT2D eigenvalue weighted by molar-refractivity contribution is -0.122. The van der Waals surface area contributed by atoms with Crippen LogP contribution in [-0.4, -0.2) is 12.0 Å². The second kappa shape index (κ2) is 7.18. The molecular weight excluding hydrogens is 352 g/mol. The van der Waals surface area contributed by atoms with E-state index in [1.54, 1.807) is 19.1 Å². The number of anilines is 1. The van der Waals surface area contributed by atoms with Crippen LogP contribution in [-0.2, 0) is 4.79 Å². The normalized spacial score (nSPS) is 11.9. The number of carbonyl (C=O) groups is 1. The Kier molecular flexibility index (Phi) is 5.51. The number of benzene rings is 2. The van der Waals surface area contributed by atoms with Gasteiger partial charge in [-0.15, -0.1) is 0 Å². The van der Waals surface area contributed by atoms with Crippen molar-refractivity contribution in [1.29, 1.82) is 0 Å². The molecule has 2 aromatic rings. The molecule has 0 aliphatic heterocycles. The number of ether oxygens (including phenoxy) is 1. The van der Waals surface area contributed by atoms with Crippen molar-refractivity contribution in [2.75, 3.05) is 5.32 Å². The summed E-state index contributed by atoms with van der Waals surface area (Å²) in [5.74, 6) is -0.642. The Morgan fingerprint density at radius 1 is 1.14 bits per heavy atom. The summed E-state index contributed by atoms with van der Waals surface area (Å²) in [6.45, 7) is 1.56. The first-order chi connectivity index (χ1) is 10.4. The molecule has 2 aromatic carbocycles. The first kappa shape index (κ1) is 16.9. The third-order valence-electron chi connectivity index (χ3n) is 2.75. The third kappa shape index (κ3) is 4.26. The largest absolute Gasteiger partial charge is 0.479 e. The number of hydrogen-bond donors (Lipinski definition) is 1. The SMILES string of the molecule is C[C@@H](Oc1ccc(Cl)cc1Cl)C(=O)Nc1ccc(F)c(Cl)c1. The molecule has 7 heteroatoms. The molecule has 22 heavy (non-hydrogen) atoms. The number of amides is 1. The highest BCUT2D eigenvalue weighted by molar-refractivity contribution is 6.35. The fourth-order valence-corrected chi connectivity index (χ4v) is 2.27. The molecular formula is C15H11Cl3FNO2. The van der Waals surface area contributed by atoms with Crippen LogP contribution in [0.1, 0.15) is 6.92 Å². The topological polar surface area (TPSA) is 38.3 Å². The van der Waals surface area contributed by atoms with Gasteiger partial charge in [-0.1, -0.05) is 34.8 Å². The van der Waals surface area contributed by atoms with Crippen LogP contribution in [0.15, 0.2) is 36.4 Å². The predicted octanol–water partition coefficient (Wildman–Crippen LogP) is 5.19. The Bertz CT molecular complexity index is 709. The van der Waals surface area contributed by atoms with Gasteiger partial charge in [-0.2, -0.15) is 0 Å². The van der Waals surface area contributed by atoms with Gasteiger partial charge in [0.25, 0.3) is 5.91 Å². The van der Waals surface area contributed by atoms with E-state index in [9.17, 15) is 9.18 Å². The Labute approximate surface area is 141 Å². The molecule has 3 nitrogen and oxygen atoms in total. The van der Waals surface area contributed by atoms with E-state index in [1.807, 2.05) is 0 Å².